The molecule has 0 aliphatic carbocycles. The fourth-order valence-corrected chi connectivity index (χ4v) is 4.18. The largest absolute Gasteiger partial charge is 0.492 e. The highest BCUT2D eigenvalue weighted by Gasteiger charge is 2.35. The second kappa shape index (κ2) is 7.50. The number of ether oxygens (including phenoxy) is 1. The smallest absolute Gasteiger partial charge is 0.294 e. The molecule has 1 fully saturated rings. The molecule has 2 N–H and O–H groups in total. The van der Waals surface area contributed by atoms with E-state index in [-0.39, 0.29) is 4.91 Å². The Morgan fingerprint density at radius 2 is 1.96 bits per heavy atom. The van der Waals surface area contributed by atoms with Crippen LogP contribution in [0, 0.1) is 0 Å². The van der Waals surface area contributed by atoms with E-state index in [4.69, 9.17) is 10.5 Å². The van der Waals surface area contributed by atoms with E-state index < -0.39 is 23.6 Å². The molecule has 1 aliphatic rings. The van der Waals surface area contributed by atoms with Gasteiger partial charge in [0.25, 0.3) is 11.1 Å². The molecule has 23 heavy (non-hydrogen) atoms. The average Bonchev–Trinajstić information content (AvgIpc) is 2.70. The number of nitrogens with two attached hydrogens (primary N) is 1. The zero-order valence-electron chi connectivity index (χ0n) is 12.0. The molecule has 9 heteroatoms. The highest BCUT2D eigenvalue weighted by Crippen LogP contribution is 2.37. The van der Waals surface area contributed by atoms with Crippen molar-refractivity contribution in [3.8, 4) is 5.75 Å². The Morgan fingerprint density at radius 1 is 1.35 bits per heavy atom. The number of nitrogens with zero attached hydrogens (tertiary/aromatic N) is 1. The molecule has 6 nitrogen and oxygen atoms in total. The fourth-order valence-electron chi connectivity index (χ4n) is 1.89. The number of imide groups is 1. The molecule has 1 aromatic rings. The normalized spacial score (nSPS) is 16.3. The Kier molecular flexibility index (Phi) is 5.88. The number of thioether (sulfide) groups is 1. The van der Waals surface area contributed by atoms with E-state index in [9.17, 15) is 14.4 Å². The Morgan fingerprint density at radius 3 is 2.48 bits per heavy atom. The first-order valence-electron chi connectivity index (χ1n) is 6.49. The summed E-state index contributed by atoms with van der Waals surface area (Å²) in [5.41, 5.74) is 5.74. The lowest BCUT2D eigenvalue weighted by atomic mass is 10.2. The van der Waals surface area contributed by atoms with Gasteiger partial charge in [-0.25, -0.2) is 0 Å². The van der Waals surface area contributed by atoms with Gasteiger partial charge in [0.2, 0.25) is 5.91 Å². The quantitative estimate of drug-likeness (QED) is 0.677. The lowest BCUT2D eigenvalue weighted by molar-refractivity contribution is -0.127. The molecule has 1 saturated heterocycles. The van der Waals surface area contributed by atoms with Crippen LogP contribution in [0.15, 0.2) is 26.0 Å². The zero-order chi connectivity index (χ0) is 17.1. The summed E-state index contributed by atoms with van der Waals surface area (Å²) < 4.78 is 6.93. The lowest BCUT2D eigenvalue weighted by Gasteiger charge is -2.10. The van der Waals surface area contributed by atoms with E-state index >= 15 is 0 Å². The molecule has 0 radical (unpaired) electrons. The SMILES string of the molecule is CCOc1c(Br)cc(/C=C2\SC(=O)N(CC(N)=O)C2=O)cc1Br. The molecular formula is C14H12Br2N2O4S. The van der Waals surface area contributed by atoms with Crippen molar-refractivity contribution < 1.29 is 19.1 Å². The molecule has 0 atom stereocenters. The number of halogens is 2. The third-order valence-corrected chi connectivity index (χ3v) is 4.88. The summed E-state index contributed by atoms with van der Waals surface area (Å²) in [5, 5.41) is -0.510. The molecule has 1 aliphatic heterocycles. The Hall–Kier alpha value is -1.32. The van der Waals surface area contributed by atoms with Crippen LogP contribution in [0.2, 0.25) is 0 Å². The van der Waals surface area contributed by atoms with Gasteiger partial charge < -0.3 is 10.5 Å². The van der Waals surface area contributed by atoms with Crippen LogP contribution in [0.3, 0.4) is 0 Å². The van der Waals surface area contributed by atoms with Gasteiger partial charge in [0.05, 0.1) is 20.5 Å². The number of carbonyl (C=O) groups is 3. The van der Waals surface area contributed by atoms with Crippen molar-refractivity contribution in [3.05, 3.63) is 31.5 Å². The van der Waals surface area contributed by atoms with Crippen LogP contribution in [-0.4, -0.2) is 35.1 Å². The molecule has 0 saturated carbocycles. The van der Waals surface area contributed by atoms with E-state index in [1.807, 2.05) is 6.92 Å². The lowest BCUT2D eigenvalue weighted by Crippen LogP contribution is -2.36. The van der Waals surface area contributed by atoms with Crippen molar-refractivity contribution in [2.45, 2.75) is 6.92 Å². The zero-order valence-corrected chi connectivity index (χ0v) is 16.0. The highest BCUT2D eigenvalue weighted by atomic mass is 79.9. The van der Waals surface area contributed by atoms with Crippen LogP contribution in [-0.2, 0) is 9.59 Å². The van der Waals surface area contributed by atoms with Crippen molar-refractivity contribution in [2.75, 3.05) is 13.2 Å². The van der Waals surface area contributed by atoms with Gasteiger partial charge in [-0.15, -0.1) is 0 Å². The second-order valence-electron chi connectivity index (χ2n) is 4.48. The van der Waals surface area contributed by atoms with Gasteiger partial charge >= 0.3 is 0 Å². The van der Waals surface area contributed by atoms with Crippen LogP contribution in [0.4, 0.5) is 4.79 Å². The monoisotopic (exact) mass is 462 g/mol. The number of primary amides is 1. The van der Waals surface area contributed by atoms with Crippen molar-refractivity contribution in [1.82, 2.24) is 4.90 Å². The van der Waals surface area contributed by atoms with Gasteiger partial charge in [-0.1, -0.05) is 0 Å². The topological polar surface area (TPSA) is 89.7 Å². The van der Waals surface area contributed by atoms with Gasteiger partial charge in [0, 0.05) is 0 Å². The van der Waals surface area contributed by atoms with E-state index in [0.29, 0.717) is 17.9 Å². The predicted molar refractivity (Wildman–Crippen MR) is 94.9 cm³/mol. The summed E-state index contributed by atoms with van der Waals surface area (Å²) in [6.07, 6.45) is 1.58. The summed E-state index contributed by atoms with van der Waals surface area (Å²) in [4.78, 5) is 35.9. The molecule has 1 aromatic carbocycles. The Balaban J connectivity index is 2.31. The standard InChI is InChI=1S/C14H12Br2N2O4S/c1-2-22-12-8(15)3-7(4-9(12)16)5-10-13(20)18(6-11(17)19)14(21)23-10/h3-5H,2,6H2,1H3,(H2,17,19)/b10-5-. The molecule has 0 aromatic heterocycles. The van der Waals surface area contributed by atoms with Crippen LogP contribution in [0.1, 0.15) is 12.5 Å². The van der Waals surface area contributed by atoms with E-state index in [1.54, 1.807) is 18.2 Å². The molecule has 1 heterocycles. The maximum Gasteiger partial charge on any atom is 0.294 e. The first-order valence-corrected chi connectivity index (χ1v) is 8.89. The predicted octanol–water partition coefficient (Wildman–Crippen LogP) is 3.13. The number of hydrogen-bond acceptors (Lipinski definition) is 5. The van der Waals surface area contributed by atoms with Gasteiger partial charge in [-0.3, -0.25) is 19.3 Å². The van der Waals surface area contributed by atoms with Gasteiger partial charge in [-0.2, -0.15) is 0 Å². The first-order chi connectivity index (χ1) is 10.8. The molecule has 2 rings (SSSR count). The van der Waals surface area contributed by atoms with Crippen LogP contribution < -0.4 is 10.5 Å². The van der Waals surface area contributed by atoms with Crippen LogP contribution in [0.25, 0.3) is 6.08 Å². The Bertz CT molecular complexity index is 698. The summed E-state index contributed by atoms with van der Waals surface area (Å²) in [5.74, 6) is -0.605. The third kappa shape index (κ3) is 4.15. The molecule has 0 spiro atoms. The van der Waals surface area contributed by atoms with Crippen molar-refractivity contribution in [2.24, 2.45) is 5.73 Å². The minimum Gasteiger partial charge on any atom is -0.492 e. The van der Waals surface area contributed by atoms with E-state index in [1.165, 1.54) is 0 Å². The third-order valence-electron chi connectivity index (χ3n) is 2.79. The van der Waals surface area contributed by atoms with Crippen molar-refractivity contribution in [1.29, 1.82) is 0 Å². The number of hydrogen-bond donors (Lipinski definition) is 1. The molecule has 122 valence electrons. The minimum absolute atomic E-state index is 0.235. The maximum atomic E-state index is 12.2. The van der Waals surface area contributed by atoms with Gasteiger partial charge in [-0.05, 0) is 74.3 Å². The average molecular weight is 464 g/mol. The Labute approximate surface area is 153 Å². The molecule has 0 unspecified atom stereocenters. The summed E-state index contributed by atoms with van der Waals surface area (Å²) in [7, 11) is 0. The molecule has 0 bridgehead atoms. The second-order valence-corrected chi connectivity index (χ2v) is 7.18. The summed E-state index contributed by atoms with van der Waals surface area (Å²) in [6.45, 7) is 1.97. The first kappa shape index (κ1) is 18.0. The molecule has 3 amide bonds. The number of carbonyl (C=O) groups excluding carboxylic acids is 3. The summed E-state index contributed by atoms with van der Waals surface area (Å²) in [6, 6.07) is 3.55. The van der Waals surface area contributed by atoms with Crippen molar-refractivity contribution in [3.63, 3.8) is 0 Å². The summed E-state index contributed by atoms with van der Waals surface area (Å²) >= 11 is 7.58. The van der Waals surface area contributed by atoms with Gasteiger partial charge in [0.1, 0.15) is 12.3 Å². The van der Waals surface area contributed by atoms with E-state index in [0.717, 1.165) is 25.6 Å². The van der Waals surface area contributed by atoms with Crippen molar-refractivity contribution >= 4 is 66.8 Å². The van der Waals surface area contributed by atoms with E-state index in [2.05, 4.69) is 31.9 Å². The van der Waals surface area contributed by atoms with Crippen LogP contribution >= 0.6 is 43.6 Å². The number of benzene rings is 1. The maximum absolute atomic E-state index is 12.2. The number of amides is 3. The van der Waals surface area contributed by atoms with Crippen LogP contribution in [0.5, 0.6) is 5.75 Å². The number of rotatable bonds is 5. The highest BCUT2D eigenvalue weighted by molar-refractivity contribution is 9.11. The fraction of sp³-hybridized carbons (Fsp3) is 0.214. The molecular weight excluding hydrogens is 452 g/mol. The van der Waals surface area contributed by atoms with Gasteiger partial charge in [0.15, 0.2) is 0 Å². The minimum atomic E-state index is -0.736.